The van der Waals surface area contributed by atoms with Crippen molar-refractivity contribution < 1.29 is 9.90 Å². The van der Waals surface area contributed by atoms with Gasteiger partial charge in [-0.25, -0.2) is 4.79 Å². The second-order valence-electron chi connectivity index (χ2n) is 3.68. The number of thioether (sulfide) groups is 2. The van der Waals surface area contributed by atoms with Gasteiger partial charge in [0.05, 0.1) is 5.69 Å². The number of nitrogens with one attached hydrogen (secondary N) is 1. The molecule has 2 N–H and O–H groups in total. The van der Waals surface area contributed by atoms with Gasteiger partial charge in [0.15, 0.2) is 0 Å². The van der Waals surface area contributed by atoms with Crippen molar-refractivity contribution in [1.29, 1.82) is 0 Å². The number of anilines is 1. The molecule has 1 atom stereocenters. The lowest BCUT2D eigenvalue weighted by Gasteiger charge is -2.22. The minimum absolute atomic E-state index is 0.237. The minimum atomic E-state index is -0.939. The fourth-order valence-corrected chi connectivity index (χ4v) is 4.21. The fraction of sp³-hybridized carbons (Fsp3) is 0.455. The maximum Gasteiger partial charge on any atom is 0.339 e. The van der Waals surface area contributed by atoms with E-state index in [1.54, 1.807) is 12.3 Å². The van der Waals surface area contributed by atoms with Gasteiger partial charge in [0.1, 0.15) is 5.56 Å². The van der Waals surface area contributed by atoms with Crippen molar-refractivity contribution in [1.82, 2.24) is 4.98 Å². The molecule has 0 aromatic carbocycles. The molecular weight excluding hydrogens is 256 g/mol. The van der Waals surface area contributed by atoms with Crippen LogP contribution in [0.4, 0.5) is 5.69 Å². The number of carboxylic acid groups (broad SMARTS) is 1. The highest BCUT2D eigenvalue weighted by atomic mass is 32.2. The minimum Gasteiger partial charge on any atom is -0.478 e. The summed E-state index contributed by atoms with van der Waals surface area (Å²) >= 11 is 3.91. The van der Waals surface area contributed by atoms with Crippen LogP contribution in [0, 0.1) is 0 Å². The average molecular weight is 270 g/mol. The van der Waals surface area contributed by atoms with Gasteiger partial charge in [-0.3, -0.25) is 4.98 Å². The van der Waals surface area contributed by atoms with Crippen LogP contribution in [0.3, 0.4) is 0 Å². The van der Waals surface area contributed by atoms with Crippen LogP contribution >= 0.6 is 23.5 Å². The average Bonchev–Trinajstić information content (AvgIpc) is 2.38. The first-order chi connectivity index (χ1) is 8.27. The zero-order valence-electron chi connectivity index (χ0n) is 9.26. The van der Waals surface area contributed by atoms with E-state index >= 15 is 0 Å². The maximum atomic E-state index is 11.0. The first-order valence-corrected chi connectivity index (χ1v) is 7.58. The van der Waals surface area contributed by atoms with E-state index in [1.165, 1.54) is 17.7 Å². The summed E-state index contributed by atoms with van der Waals surface area (Å²) in [5, 5.41) is 12.8. The highest BCUT2D eigenvalue weighted by Gasteiger charge is 2.15. The monoisotopic (exact) mass is 270 g/mol. The molecule has 2 rings (SSSR count). The van der Waals surface area contributed by atoms with Crippen LogP contribution in [-0.2, 0) is 0 Å². The van der Waals surface area contributed by atoms with Gasteiger partial charge < -0.3 is 10.4 Å². The fourth-order valence-electron chi connectivity index (χ4n) is 1.60. The molecule has 1 fully saturated rings. The number of hydrogen-bond acceptors (Lipinski definition) is 5. The molecule has 1 saturated heterocycles. The van der Waals surface area contributed by atoms with Gasteiger partial charge >= 0.3 is 5.97 Å². The lowest BCUT2D eigenvalue weighted by atomic mass is 10.2. The molecule has 4 nitrogen and oxygen atoms in total. The lowest BCUT2D eigenvalue weighted by Crippen LogP contribution is -2.23. The van der Waals surface area contributed by atoms with Crippen LogP contribution in [0.2, 0.25) is 0 Å². The molecule has 1 unspecified atom stereocenters. The molecular formula is C11H14N2O2S2. The smallest absolute Gasteiger partial charge is 0.339 e. The summed E-state index contributed by atoms with van der Waals surface area (Å²) in [7, 11) is 0. The summed E-state index contributed by atoms with van der Waals surface area (Å²) < 4.78 is 0. The van der Waals surface area contributed by atoms with Gasteiger partial charge in [-0.15, -0.1) is 0 Å². The second-order valence-corrected chi connectivity index (χ2v) is 6.23. The molecule has 17 heavy (non-hydrogen) atoms. The molecule has 0 spiro atoms. The molecule has 1 aliphatic rings. The molecule has 1 aromatic heterocycles. The highest BCUT2D eigenvalue weighted by molar-refractivity contribution is 8.06. The number of aromatic carboxylic acids is 1. The highest BCUT2D eigenvalue weighted by Crippen LogP contribution is 2.24. The number of pyridine rings is 1. The van der Waals surface area contributed by atoms with Crippen LogP contribution in [0.5, 0.6) is 0 Å². The number of hydrogen-bond donors (Lipinski definition) is 2. The van der Waals surface area contributed by atoms with E-state index in [9.17, 15) is 4.79 Å². The number of nitrogens with zero attached hydrogens (tertiary/aromatic N) is 1. The summed E-state index contributed by atoms with van der Waals surface area (Å²) in [6.45, 7) is 0.808. The first kappa shape index (κ1) is 12.6. The van der Waals surface area contributed by atoms with Gasteiger partial charge in [0.25, 0.3) is 0 Å². The van der Waals surface area contributed by atoms with E-state index in [0.29, 0.717) is 10.9 Å². The summed E-state index contributed by atoms with van der Waals surface area (Å²) in [4.78, 5) is 14.8. The zero-order valence-corrected chi connectivity index (χ0v) is 10.9. The Morgan fingerprint density at radius 3 is 3.18 bits per heavy atom. The van der Waals surface area contributed by atoms with Gasteiger partial charge in [0, 0.05) is 41.4 Å². The van der Waals surface area contributed by atoms with E-state index in [-0.39, 0.29) is 5.56 Å². The Hall–Kier alpha value is -0.880. The van der Waals surface area contributed by atoms with Crippen LogP contribution in [0.25, 0.3) is 0 Å². The van der Waals surface area contributed by atoms with Crippen LogP contribution in [-0.4, -0.2) is 45.1 Å². The van der Waals surface area contributed by atoms with Gasteiger partial charge in [-0.2, -0.15) is 23.5 Å². The van der Waals surface area contributed by atoms with Crippen molar-refractivity contribution in [3.05, 3.63) is 24.0 Å². The van der Waals surface area contributed by atoms with Crippen molar-refractivity contribution in [2.45, 2.75) is 5.25 Å². The van der Waals surface area contributed by atoms with Gasteiger partial charge in [-0.1, -0.05) is 0 Å². The van der Waals surface area contributed by atoms with Crippen molar-refractivity contribution in [2.24, 2.45) is 0 Å². The predicted octanol–water partition coefficient (Wildman–Crippen LogP) is 2.04. The number of aromatic nitrogens is 1. The third-order valence-corrected chi connectivity index (χ3v) is 5.30. The summed E-state index contributed by atoms with van der Waals surface area (Å²) in [6, 6.07) is 1.71. The summed E-state index contributed by atoms with van der Waals surface area (Å²) in [5.41, 5.74) is 0.893. The van der Waals surface area contributed by atoms with Crippen LogP contribution in [0.1, 0.15) is 10.4 Å². The van der Waals surface area contributed by atoms with E-state index in [4.69, 9.17) is 5.11 Å². The van der Waals surface area contributed by atoms with Crippen molar-refractivity contribution in [3.8, 4) is 0 Å². The normalized spacial score (nSPS) is 19.9. The Labute approximate surface area is 109 Å². The maximum absolute atomic E-state index is 11.0. The molecule has 0 saturated carbocycles. The third-order valence-electron chi connectivity index (χ3n) is 2.46. The summed E-state index contributed by atoms with van der Waals surface area (Å²) in [5.74, 6) is 2.59. The van der Waals surface area contributed by atoms with E-state index in [2.05, 4.69) is 10.3 Å². The Morgan fingerprint density at radius 2 is 2.47 bits per heavy atom. The molecule has 92 valence electrons. The van der Waals surface area contributed by atoms with E-state index in [0.717, 1.165) is 12.3 Å². The molecule has 1 aliphatic heterocycles. The second kappa shape index (κ2) is 6.16. The third kappa shape index (κ3) is 3.54. The molecule has 1 aromatic rings. The van der Waals surface area contributed by atoms with Crippen molar-refractivity contribution >= 4 is 35.2 Å². The van der Waals surface area contributed by atoms with E-state index < -0.39 is 5.97 Å². The summed E-state index contributed by atoms with van der Waals surface area (Å²) in [6.07, 6.45) is 2.99. The molecule has 0 bridgehead atoms. The number of rotatable bonds is 4. The SMILES string of the molecule is O=C(O)c1cnccc1NCC1CSCCS1. The molecule has 2 heterocycles. The molecule has 0 aliphatic carbocycles. The number of carboxylic acids is 1. The van der Waals surface area contributed by atoms with Crippen molar-refractivity contribution in [3.63, 3.8) is 0 Å². The quantitative estimate of drug-likeness (QED) is 0.873. The Bertz CT molecular complexity index is 395. The number of carbonyl (C=O) groups is 1. The molecule has 6 heteroatoms. The van der Waals surface area contributed by atoms with Crippen LogP contribution in [0.15, 0.2) is 18.5 Å². The van der Waals surface area contributed by atoms with Crippen molar-refractivity contribution in [2.75, 3.05) is 29.1 Å². The van der Waals surface area contributed by atoms with Crippen LogP contribution < -0.4 is 5.32 Å². The van der Waals surface area contributed by atoms with Gasteiger partial charge in [0.2, 0.25) is 0 Å². The standard InChI is InChI=1S/C11H14N2O2S2/c14-11(15)9-6-12-2-1-10(9)13-5-8-7-16-3-4-17-8/h1-2,6,8H,3-5,7H2,(H,12,13)(H,14,15). The Kier molecular flexibility index (Phi) is 4.56. The topological polar surface area (TPSA) is 62.2 Å². The largest absolute Gasteiger partial charge is 0.478 e. The van der Waals surface area contributed by atoms with E-state index in [1.807, 2.05) is 23.5 Å². The Balaban J connectivity index is 1.96. The molecule has 0 amide bonds. The predicted molar refractivity (Wildman–Crippen MR) is 73.3 cm³/mol. The van der Waals surface area contributed by atoms with Gasteiger partial charge in [-0.05, 0) is 6.07 Å². The first-order valence-electron chi connectivity index (χ1n) is 5.38. The zero-order chi connectivity index (χ0) is 12.1. The Morgan fingerprint density at radius 1 is 1.59 bits per heavy atom. The lowest BCUT2D eigenvalue weighted by molar-refractivity contribution is 0.0697. The molecule has 0 radical (unpaired) electrons.